The number of rotatable bonds is 7. The van der Waals surface area contributed by atoms with Crippen LogP contribution in [0.3, 0.4) is 0 Å². The van der Waals surface area contributed by atoms with Crippen LogP contribution in [0.25, 0.3) is 0 Å². The van der Waals surface area contributed by atoms with E-state index in [2.05, 4.69) is 0 Å². The molecule has 0 saturated carbocycles. The van der Waals surface area contributed by atoms with E-state index in [0.717, 1.165) is 5.56 Å². The highest BCUT2D eigenvalue weighted by Gasteiger charge is 2.59. The van der Waals surface area contributed by atoms with E-state index in [-0.39, 0.29) is 23.9 Å². The van der Waals surface area contributed by atoms with Gasteiger partial charge in [-0.2, -0.15) is 0 Å². The molecule has 0 bridgehead atoms. The van der Waals surface area contributed by atoms with Crippen molar-refractivity contribution in [2.45, 2.75) is 45.8 Å². The second-order valence-electron chi connectivity index (χ2n) is 5.94. The summed E-state index contributed by atoms with van der Waals surface area (Å²) < 4.78 is 10.4. The summed E-state index contributed by atoms with van der Waals surface area (Å²) in [7, 11) is 0. The Bertz CT molecular complexity index is 543. The molecule has 23 heavy (non-hydrogen) atoms. The zero-order chi connectivity index (χ0) is 17.0. The zero-order valence-corrected chi connectivity index (χ0v) is 14.2. The lowest BCUT2D eigenvalue weighted by Gasteiger charge is -2.21. The summed E-state index contributed by atoms with van der Waals surface area (Å²) in [5.41, 5.74) is 1.01. The van der Waals surface area contributed by atoms with Gasteiger partial charge < -0.3 is 9.47 Å². The molecular formula is C18H25NO4. The SMILES string of the molecule is CCOC(=O)C(C(C)C)N1[C@H](C(=O)OCC)[C@H]1c1ccccc1. The molecule has 0 radical (unpaired) electrons. The summed E-state index contributed by atoms with van der Waals surface area (Å²) in [6, 6.07) is 8.74. The molecule has 0 N–H and O–H groups in total. The van der Waals surface area contributed by atoms with Gasteiger partial charge in [0.2, 0.25) is 0 Å². The summed E-state index contributed by atoms with van der Waals surface area (Å²) in [5, 5.41) is 0. The lowest BCUT2D eigenvalue weighted by Crippen LogP contribution is -2.38. The van der Waals surface area contributed by atoms with Crippen LogP contribution in [0.15, 0.2) is 30.3 Å². The Morgan fingerprint density at radius 1 is 1.09 bits per heavy atom. The topological polar surface area (TPSA) is 55.6 Å². The van der Waals surface area contributed by atoms with E-state index in [4.69, 9.17) is 9.47 Å². The predicted octanol–water partition coefficient (Wildman–Crippen LogP) is 2.56. The molecule has 0 amide bonds. The van der Waals surface area contributed by atoms with Gasteiger partial charge in [-0.3, -0.25) is 14.5 Å². The predicted molar refractivity (Wildman–Crippen MR) is 86.7 cm³/mol. The molecule has 1 aromatic rings. The van der Waals surface area contributed by atoms with Crippen molar-refractivity contribution in [1.29, 1.82) is 0 Å². The molecule has 1 aromatic carbocycles. The number of benzene rings is 1. The average molecular weight is 319 g/mol. The average Bonchev–Trinajstić information content (AvgIpc) is 3.23. The molecule has 2 unspecified atom stereocenters. The third-order valence-corrected chi connectivity index (χ3v) is 4.00. The summed E-state index contributed by atoms with van der Waals surface area (Å²) in [5.74, 6) is -0.522. The molecule has 0 aliphatic carbocycles. The van der Waals surface area contributed by atoms with Crippen LogP contribution in [0.1, 0.15) is 39.3 Å². The summed E-state index contributed by atoms with van der Waals surface area (Å²) in [6.07, 6.45) is 0. The Hall–Kier alpha value is -1.88. The minimum atomic E-state index is -0.449. The van der Waals surface area contributed by atoms with Crippen LogP contribution in [0.5, 0.6) is 0 Å². The van der Waals surface area contributed by atoms with E-state index in [9.17, 15) is 9.59 Å². The molecule has 1 heterocycles. The molecule has 1 fully saturated rings. The fraction of sp³-hybridized carbons (Fsp3) is 0.556. The van der Waals surface area contributed by atoms with Gasteiger partial charge in [0.15, 0.2) is 0 Å². The highest BCUT2D eigenvalue weighted by atomic mass is 16.5. The lowest BCUT2D eigenvalue weighted by molar-refractivity contribution is -0.150. The van der Waals surface area contributed by atoms with Crippen molar-refractivity contribution in [2.24, 2.45) is 5.92 Å². The third kappa shape index (κ3) is 3.72. The van der Waals surface area contributed by atoms with Crippen LogP contribution in [0.4, 0.5) is 0 Å². The van der Waals surface area contributed by atoms with Crippen LogP contribution in [0.2, 0.25) is 0 Å². The van der Waals surface area contributed by atoms with Crippen LogP contribution < -0.4 is 0 Å². The first-order valence-corrected chi connectivity index (χ1v) is 8.18. The minimum Gasteiger partial charge on any atom is -0.465 e. The Kier molecular flexibility index (Phi) is 5.77. The van der Waals surface area contributed by atoms with Gasteiger partial charge in [-0.05, 0) is 25.3 Å². The normalized spacial score (nSPS) is 24.1. The van der Waals surface area contributed by atoms with Crippen molar-refractivity contribution in [3.8, 4) is 0 Å². The number of carbonyl (C=O) groups is 2. The van der Waals surface area contributed by atoms with Gasteiger partial charge in [0, 0.05) is 0 Å². The smallest absolute Gasteiger partial charge is 0.325 e. The van der Waals surface area contributed by atoms with Gasteiger partial charge in [0.1, 0.15) is 12.1 Å². The number of hydrogen-bond acceptors (Lipinski definition) is 5. The molecule has 1 saturated heterocycles. The van der Waals surface area contributed by atoms with Crippen LogP contribution in [-0.2, 0) is 19.1 Å². The monoisotopic (exact) mass is 319 g/mol. The zero-order valence-electron chi connectivity index (χ0n) is 14.2. The van der Waals surface area contributed by atoms with Crippen LogP contribution in [-0.4, -0.2) is 42.1 Å². The lowest BCUT2D eigenvalue weighted by atomic mass is 10.0. The van der Waals surface area contributed by atoms with Crippen molar-refractivity contribution < 1.29 is 19.1 Å². The van der Waals surface area contributed by atoms with Crippen LogP contribution in [0, 0.1) is 5.92 Å². The summed E-state index contributed by atoms with van der Waals surface area (Å²) >= 11 is 0. The van der Waals surface area contributed by atoms with Gasteiger partial charge in [0.05, 0.1) is 19.3 Å². The maximum absolute atomic E-state index is 12.4. The van der Waals surface area contributed by atoms with Crippen LogP contribution >= 0.6 is 0 Å². The maximum atomic E-state index is 12.4. The molecule has 126 valence electrons. The maximum Gasteiger partial charge on any atom is 0.325 e. The van der Waals surface area contributed by atoms with Crippen molar-refractivity contribution in [3.63, 3.8) is 0 Å². The number of nitrogens with zero attached hydrogens (tertiary/aromatic N) is 1. The Labute approximate surface area is 137 Å². The van der Waals surface area contributed by atoms with Crippen molar-refractivity contribution in [3.05, 3.63) is 35.9 Å². The number of hydrogen-bond donors (Lipinski definition) is 0. The molecule has 0 spiro atoms. The van der Waals surface area contributed by atoms with E-state index in [1.54, 1.807) is 13.8 Å². The van der Waals surface area contributed by atoms with E-state index in [1.165, 1.54) is 0 Å². The third-order valence-electron chi connectivity index (χ3n) is 4.00. The first kappa shape index (κ1) is 17.5. The Balaban J connectivity index is 2.28. The van der Waals surface area contributed by atoms with Crippen molar-refractivity contribution in [1.82, 2.24) is 4.90 Å². The number of ether oxygens (including phenoxy) is 2. The van der Waals surface area contributed by atoms with Gasteiger partial charge in [0.25, 0.3) is 0 Å². The van der Waals surface area contributed by atoms with Crippen molar-refractivity contribution >= 4 is 11.9 Å². The van der Waals surface area contributed by atoms with Gasteiger partial charge >= 0.3 is 11.9 Å². The summed E-state index contributed by atoms with van der Waals surface area (Å²) in [4.78, 5) is 26.6. The fourth-order valence-corrected chi connectivity index (χ4v) is 3.04. The van der Waals surface area contributed by atoms with E-state index >= 15 is 0 Å². The highest BCUT2D eigenvalue weighted by Crippen LogP contribution is 2.47. The van der Waals surface area contributed by atoms with Gasteiger partial charge in [-0.25, -0.2) is 0 Å². The van der Waals surface area contributed by atoms with Gasteiger partial charge in [-0.15, -0.1) is 0 Å². The molecule has 1 aliphatic rings. The number of carbonyl (C=O) groups excluding carboxylic acids is 2. The summed E-state index contributed by atoms with van der Waals surface area (Å²) in [6.45, 7) is 8.16. The van der Waals surface area contributed by atoms with E-state index < -0.39 is 12.1 Å². The Morgan fingerprint density at radius 3 is 2.22 bits per heavy atom. The second-order valence-corrected chi connectivity index (χ2v) is 5.94. The second kappa shape index (κ2) is 7.59. The van der Waals surface area contributed by atoms with Gasteiger partial charge in [-0.1, -0.05) is 44.2 Å². The molecule has 5 nitrogen and oxygen atoms in total. The minimum absolute atomic E-state index is 0.0414. The fourth-order valence-electron chi connectivity index (χ4n) is 3.04. The number of esters is 2. The molecule has 0 aromatic heterocycles. The first-order valence-electron chi connectivity index (χ1n) is 8.18. The largest absolute Gasteiger partial charge is 0.465 e. The molecule has 4 atom stereocenters. The van der Waals surface area contributed by atoms with Crippen molar-refractivity contribution in [2.75, 3.05) is 13.2 Å². The molecule has 5 heteroatoms. The molecular weight excluding hydrogens is 294 g/mol. The van der Waals surface area contributed by atoms with E-state index in [0.29, 0.717) is 13.2 Å². The Morgan fingerprint density at radius 2 is 1.70 bits per heavy atom. The van der Waals surface area contributed by atoms with E-state index in [1.807, 2.05) is 49.1 Å². The molecule has 1 aliphatic heterocycles. The molecule has 2 rings (SSSR count). The quantitative estimate of drug-likeness (QED) is 0.571. The first-order chi connectivity index (χ1) is 11.0. The standard InChI is InChI=1S/C18H25NO4/c1-5-22-17(20)14(12(3)4)19-15(13-10-8-7-9-11-13)16(19)18(21)23-6-2/h7-12,14-16H,5-6H2,1-4H3/t14?,15-,16+,19?/m1/s1. The highest BCUT2D eigenvalue weighted by molar-refractivity contribution is 5.84.